The van der Waals surface area contributed by atoms with Gasteiger partial charge in [0.25, 0.3) is 0 Å². The Labute approximate surface area is 102 Å². The Morgan fingerprint density at radius 3 is 2.62 bits per heavy atom. The molecule has 0 radical (unpaired) electrons. The average molecular weight is 244 g/mol. The van der Waals surface area contributed by atoms with Gasteiger partial charge in [0.1, 0.15) is 5.82 Å². The smallest absolute Gasteiger partial charge is 0.123 e. The van der Waals surface area contributed by atoms with Crippen LogP contribution >= 0.6 is 11.6 Å². The van der Waals surface area contributed by atoms with Crippen LogP contribution < -0.4 is 5.32 Å². The Kier molecular flexibility index (Phi) is 5.23. The molecule has 1 aromatic carbocycles. The van der Waals surface area contributed by atoms with Crippen molar-refractivity contribution in [2.45, 2.75) is 39.8 Å². The second-order valence-electron chi connectivity index (χ2n) is 4.38. The highest BCUT2D eigenvalue weighted by Gasteiger charge is 2.11. The van der Waals surface area contributed by atoms with Crippen LogP contribution in [0.5, 0.6) is 0 Å². The largest absolute Gasteiger partial charge is 0.310 e. The molecule has 0 aliphatic heterocycles. The molecule has 1 N–H and O–H groups in total. The summed E-state index contributed by atoms with van der Waals surface area (Å²) in [7, 11) is 0. The molecule has 1 unspecified atom stereocenters. The molecule has 0 fully saturated rings. The first-order valence-corrected chi connectivity index (χ1v) is 6.09. The van der Waals surface area contributed by atoms with E-state index < -0.39 is 0 Å². The lowest BCUT2D eigenvalue weighted by Crippen LogP contribution is -2.32. The maximum atomic E-state index is 13.0. The lowest BCUT2D eigenvalue weighted by molar-refractivity contribution is 0.387. The number of halogens is 2. The monoisotopic (exact) mass is 243 g/mol. The highest BCUT2D eigenvalue weighted by Crippen LogP contribution is 2.17. The maximum absolute atomic E-state index is 13.0. The molecule has 3 heteroatoms. The lowest BCUT2D eigenvalue weighted by Gasteiger charge is -2.21. The summed E-state index contributed by atoms with van der Waals surface area (Å²) in [6.07, 6.45) is 1.06. The summed E-state index contributed by atoms with van der Waals surface area (Å²) in [5.41, 5.74) is 0.820. The molecule has 0 aliphatic carbocycles. The van der Waals surface area contributed by atoms with Crippen LogP contribution in [0.2, 0.25) is 5.02 Å². The zero-order chi connectivity index (χ0) is 12.1. The summed E-state index contributed by atoms with van der Waals surface area (Å²) in [6, 6.07) is 4.91. The summed E-state index contributed by atoms with van der Waals surface area (Å²) >= 11 is 6.00. The molecule has 0 aliphatic rings. The van der Waals surface area contributed by atoms with Gasteiger partial charge in [-0.2, -0.15) is 0 Å². The van der Waals surface area contributed by atoms with E-state index in [4.69, 9.17) is 11.6 Å². The predicted octanol–water partition coefficient (Wildman–Crippen LogP) is 4.00. The Morgan fingerprint density at radius 2 is 2.06 bits per heavy atom. The predicted molar refractivity (Wildman–Crippen MR) is 67.2 cm³/mol. The van der Waals surface area contributed by atoms with E-state index in [0.29, 0.717) is 23.5 Å². The number of benzene rings is 1. The topological polar surface area (TPSA) is 12.0 Å². The van der Waals surface area contributed by atoms with Crippen LogP contribution in [0.15, 0.2) is 18.2 Å². The van der Waals surface area contributed by atoms with Gasteiger partial charge in [0, 0.05) is 17.6 Å². The van der Waals surface area contributed by atoms with Gasteiger partial charge >= 0.3 is 0 Å². The molecule has 0 bridgehead atoms. The first-order valence-electron chi connectivity index (χ1n) is 5.72. The molecule has 0 aromatic heterocycles. The van der Waals surface area contributed by atoms with Crippen molar-refractivity contribution >= 4 is 11.6 Å². The summed E-state index contributed by atoms with van der Waals surface area (Å²) in [5.74, 6) is 0.330. The van der Waals surface area contributed by atoms with Gasteiger partial charge in [0.15, 0.2) is 0 Å². The lowest BCUT2D eigenvalue weighted by atomic mass is 10.0. The molecule has 90 valence electrons. The molecule has 0 amide bonds. The minimum atomic E-state index is -0.237. The fourth-order valence-corrected chi connectivity index (χ4v) is 1.96. The van der Waals surface area contributed by atoms with Gasteiger partial charge in [-0.05, 0) is 36.1 Å². The van der Waals surface area contributed by atoms with Crippen LogP contribution in [0.1, 0.15) is 32.8 Å². The highest BCUT2D eigenvalue weighted by molar-refractivity contribution is 6.31. The van der Waals surface area contributed by atoms with Crippen molar-refractivity contribution in [1.82, 2.24) is 5.32 Å². The van der Waals surface area contributed by atoms with Gasteiger partial charge in [-0.1, -0.05) is 32.4 Å². The van der Waals surface area contributed by atoms with Gasteiger partial charge < -0.3 is 5.32 Å². The van der Waals surface area contributed by atoms with Crippen molar-refractivity contribution in [2.24, 2.45) is 5.92 Å². The van der Waals surface area contributed by atoms with Crippen molar-refractivity contribution in [3.05, 3.63) is 34.6 Å². The molecular formula is C13H19ClFN. The van der Waals surface area contributed by atoms with E-state index in [1.165, 1.54) is 12.1 Å². The van der Waals surface area contributed by atoms with E-state index in [0.717, 1.165) is 12.0 Å². The third kappa shape index (κ3) is 3.76. The van der Waals surface area contributed by atoms with E-state index >= 15 is 0 Å². The van der Waals surface area contributed by atoms with Crippen LogP contribution in [-0.2, 0) is 6.54 Å². The van der Waals surface area contributed by atoms with E-state index in [1.807, 2.05) is 0 Å². The van der Waals surface area contributed by atoms with Crippen molar-refractivity contribution in [3.8, 4) is 0 Å². The second kappa shape index (κ2) is 6.21. The van der Waals surface area contributed by atoms with E-state index in [2.05, 4.69) is 26.1 Å². The standard InChI is InChI=1S/C13H19ClFN/c1-4-13(9(2)3)16-8-10-7-11(15)5-6-12(10)14/h5-7,9,13,16H,4,8H2,1-3H3. The van der Waals surface area contributed by atoms with Crippen LogP contribution in [0, 0.1) is 11.7 Å². The van der Waals surface area contributed by atoms with Gasteiger partial charge in [0.05, 0.1) is 0 Å². The summed E-state index contributed by atoms with van der Waals surface area (Å²) in [6.45, 7) is 7.11. The molecule has 1 aromatic rings. The summed E-state index contributed by atoms with van der Waals surface area (Å²) < 4.78 is 13.0. The van der Waals surface area contributed by atoms with Crippen molar-refractivity contribution in [1.29, 1.82) is 0 Å². The van der Waals surface area contributed by atoms with Gasteiger partial charge in [-0.15, -0.1) is 0 Å². The molecule has 0 spiro atoms. The number of rotatable bonds is 5. The zero-order valence-electron chi connectivity index (χ0n) is 10.1. The van der Waals surface area contributed by atoms with E-state index in [9.17, 15) is 4.39 Å². The second-order valence-corrected chi connectivity index (χ2v) is 4.78. The van der Waals surface area contributed by atoms with Crippen LogP contribution in [0.3, 0.4) is 0 Å². The van der Waals surface area contributed by atoms with E-state index in [1.54, 1.807) is 6.07 Å². The number of hydrogen-bond acceptors (Lipinski definition) is 1. The molecule has 1 atom stereocenters. The number of nitrogens with one attached hydrogen (secondary N) is 1. The minimum absolute atomic E-state index is 0.237. The molecule has 16 heavy (non-hydrogen) atoms. The highest BCUT2D eigenvalue weighted by atomic mass is 35.5. The normalized spacial score (nSPS) is 13.1. The molecule has 0 heterocycles. The minimum Gasteiger partial charge on any atom is -0.310 e. The zero-order valence-corrected chi connectivity index (χ0v) is 10.8. The van der Waals surface area contributed by atoms with Gasteiger partial charge in [0.2, 0.25) is 0 Å². The molecule has 1 nitrogen and oxygen atoms in total. The molecule has 1 rings (SSSR count). The van der Waals surface area contributed by atoms with Crippen LogP contribution in [0.25, 0.3) is 0 Å². The maximum Gasteiger partial charge on any atom is 0.123 e. The van der Waals surface area contributed by atoms with Crippen LogP contribution in [0.4, 0.5) is 4.39 Å². The molecular weight excluding hydrogens is 225 g/mol. The molecule has 0 saturated heterocycles. The third-order valence-electron chi connectivity index (χ3n) is 2.81. The van der Waals surface area contributed by atoms with Crippen LogP contribution in [-0.4, -0.2) is 6.04 Å². The first kappa shape index (κ1) is 13.5. The SMILES string of the molecule is CCC(NCc1cc(F)ccc1Cl)C(C)C. The fourth-order valence-electron chi connectivity index (χ4n) is 1.77. The Balaban J connectivity index is 2.63. The van der Waals surface area contributed by atoms with Crippen molar-refractivity contribution < 1.29 is 4.39 Å². The molecule has 0 saturated carbocycles. The van der Waals surface area contributed by atoms with E-state index in [-0.39, 0.29) is 5.82 Å². The Bertz CT molecular complexity index is 339. The fraction of sp³-hybridized carbons (Fsp3) is 0.538. The number of hydrogen-bond donors (Lipinski definition) is 1. The summed E-state index contributed by atoms with van der Waals surface area (Å²) in [5, 5.41) is 4.02. The Morgan fingerprint density at radius 1 is 1.38 bits per heavy atom. The first-order chi connectivity index (χ1) is 7.54. The van der Waals surface area contributed by atoms with Gasteiger partial charge in [-0.3, -0.25) is 0 Å². The van der Waals surface area contributed by atoms with Crippen molar-refractivity contribution in [2.75, 3.05) is 0 Å². The summed E-state index contributed by atoms with van der Waals surface area (Å²) in [4.78, 5) is 0. The van der Waals surface area contributed by atoms with Crippen molar-refractivity contribution in [3.63, 3.8) is 0 Å². The Hall–Kier alpha value is -0.600. The average Bonchev–Trinajstić information content (AvgIpc) is 2.23. The van der Waals surface area contributed by atoms with Gasteiger partial charge in [-0.25, -0.2) is 4.39 Å². The third-order valence-corrected chi connectivity index (χ3v) is 3.18. The quantitative estimate of drug-likeness (QED) is 0.824.